The van der Waals surface area contributed by atoms with Crippen molar-refractivity contribution in [2.45, 2.75) is 32.4 Å². The highest BCUT2D eigenvalue weighted by molar-refractivity contribution is 4.60. The quantitative estimate of drug-likeness (QED) is 0.461. The van der Waals surface area contributed by atoms with Gasteiger partial charge in [0, 0.05) is 6.04 Å². The van der Waals surface area contributed by atoms with E-state index >= 15 is 0 Å². The molecule has 0 heterocycles. The van der Waals surface area contributed by atoms with E-state index in [0.29, 0.717) is 6.42 Å². The lowest BCUT2D eigenvalue weighted by atomic mass is 10.2. The normalized spacial score (nSPS) is 17.3. The molecule has 0 aliphatic rings. The van der Waals surface area contributed by atoms with Gasteiger partial charge < -0.3 is 10.2 Å². The van der Waals surface area contributed by atoms with E-state index in [1.165, 1.54) is 0 Å². The first-order valence-corrected chi connectivity index (χ1v) is 3.19. The highest BCUT2D eigenvalue weighted by atomic mass is 16.3. The lowest BCUT2D eigenvalue weighted by Gasteiger charge is -2.12. The zero-order valence-corrected chi connectivity index (χ0v) is 5.96. The molecule has 3 nitrogen and oxygen atoms in total. The van der Waals surface area contributed by atoms with Crippen LogP contribution in [-0.2, 0) is 0 Å². The standard InChI is InChI=1S/C6H15NO2/c1-5(7-4-8)3-6(2)9/h5-9H,3-4H2,1-2H3. The molecule has 3 N–H and O–H groups in total. The highest BCUT2D eigenvalue weighted by Crippen LogP contribution is 1.94. The van der Waals surface area contributed by atoms with Gasteiger partial charge in [-0.05, 0) is 20.3 Å². The van der Waals surface area contributed by atoms with Gasteiger partial charge in [0.05, 0.1) is 12.8 Å². The molecule has 0 saturated carbocycles. The highest BCUT2D eigenvalue weighted by Gasteiger charge is 2.02. The Bertz CT molecular complexity index is 66.1. The third kappa shape index (κ3) is 5.76. The number of aliphatic hydroxyl groups is 2. The van der Waals surface area contributed by atoms with E-state index in [9.17, 15) is 0 Å². The lowest BCUT2D eigenvalue weighted by Crippen LogP contribution is -2.29. The average molecular weight is 133 g/mol. The van der Waals surface area contributed by atoms with Crippen LogP contribution in [-0.4, -0.2) is 29.1 Å². The van der Waals surface area contributed by atoms with Gasteiger partial charge in [-0.3, -0.25) is 5.32 Å². The summed E-state index contributed by atoms with van der Waals surface area (Å²) in [4.78, 5) is 0. The summed E-state index contributed by atoms with van der Waals surface area (Å²) in [7, 11) is 0. The van der Waals surface area contributed by atoms with Crippen LogP contribution in [0.2, 0.25) is 0 Å². The Morgan fingerprint density at radius 2 is 2.00 bits per heavy atom. The molecular weight excluding hydrogens is 118 g/mol. The van der Waals surface area contributed by atoms with E-state index in [2.05, 4.69) is 5.32 Å². The summed E-state index contributed by atoms with van der Waals surface area (Å²) in [5.41, 5.74) is 0. The fourth-order valence-electron chi connectivity index (χ4n) is 0.751. The zero-order chi connectivity index (χ0) is 7.28. The van der Waals surface area contributed by atoms with Gasteiger partial charge in [0.2, 0.25) is 0 Å². The van der Waals surface area contributed by atoms with Gasteiger partial charge in [-0.2, -0.15) is 0 Å². The molecule has 0 aromatic heterocycles. The lowest BCUT2D eigenvalue weighted by molar-refractivity contribution is 0.158. The molecule has 2 unspecified atom stereocenters. The van der Waals surface area contributed by atoms with Crippen LogP contribution < -0.4 is 5.32 Å². The fraction of sp³-hybridized carbons (Fsp3) is 1.00. The number of rotatable bonds is 4. The maximum absolute atomic E-state index is 8.83. The molecule has 2 atom stereocenters. The van der Waals surface area contributed by atoms with Crippen LogP contribution in [0.3, 0.4) is 0 Å². The topological polar surface area (TPSA) is 52.5 Å². The average Bonchev–Trinajstić information content (AvgIpc) is 1.63. The SMILES string of the molecule is CC(O)CC(C)NCO. The number of hydrogen-bond acceptors (Lipinski definition) is 3. The Labute approximate surface area is 55.7 Å². The van der Waals surface area contributed by atoms with Crippen molar-refractivity contribution in [1.29, 1.82) is 0 Å². The van der Waals surface area contributed by atoms with Crippen molar-refractivity contribution < 1.29 is 10.2 Å². The Morgan fingerprint density at radius 1 is 1.44 bits per heavy atom. The van der Waals surface area contributed by atoms with E-state index in [-0.39, 0.29) is 18.9 Å². The molecular formula is C6H15NO2. The minimum Gasteiger partial charge on any atom is -0.393 e. The summed E-state index contributed by atoms with van der Waals surface area (Å²) in [6.07, 6.45) is 0.389. The van der Waals surface area contributed by atoms with E-state index < -0.39 is 0 Å². The van der Waals surface area contributed by atoms with Crippen molar-refractivity contribution in [1.82, 2.24) is 5.32 Å². The van der Waals surface area contributed by atoms with Crippen molar-refractivity contribution in [3.05, 3.63) is 0 Å². The van der Waals surface area contributed by atoms with E-state index in [0.717, 1.165) is 0 Å². The predicted molar refractivity (Wildman–Crippen MR) is 36.0 cm³/mol. The fourth-order valence-corrected chi connectivity index (χ4v) is 0.751. The molecule has 0 aromatic rings. The molecule has 0 aliphatic carbocycles. The molecule has 0 aromatic carbocycles. The Morgan fingerprint density at radius 3 is 2.33 bits per heavy atom. The molecule has 0 amide bonds. The molecule has 56 valence electrons. The monoisotopic (exact) mass is 133 g/mol. The number of nitrogens with one attached hydrogen (secondary N) is 1. The maximum Gasteiger partial charge on any atom is 0.0933 e. The smallest absolute Gasteiger partial charge is 0.0933 e. The second-order valence-corrected chi connectivity index (χ2v) is 2.35. The molecule has 0 spiro atoms. The summed E-state index contributed by atoms with van der Waals surface area (Å²) < 4.78 is 0. The van der Waals surface area contributed by atoms with Gasteiger partial charge in [0.15, 0.2) is 0 Å². The third-order valence-corrected chi connectivity index (χ3v) is 1.13. The predicted octanol–water partition coefficient (Wildman–Crippen LogP) is -0.315. The summed E-state index contributed by atoms with van der Waals surface area (Å²) in [6, 6.07) is 0.190. The first-order valence-electron chi connectivity index (χ1n) is 3.19. The Kier molecular flexibility index (Phi) is 4.67. The Balaban J connectivity index is 3.15. The van der Waals surface area contributed by atoms with Crippen molar-refractivity contribution in [3.8, 4) is 0 Å². The first-order chi connectivity index (χ1) is 4.16. The summed E-state index contributed by atoms with van der Waals surface area (Å²) in [5.74, 6) is 0. The minimum absolute atomic E-state index is 0.0200. The van der Waals surface area contributed by atoms with E-state index in [4.69, 9.17) is 10.2 Å². The van der Waals surface area contributed by atoms with Crippen molar-refractivity contribution in [3.63, 3.8) is 0 Å². The maximum atomic E-state index is 8.83. The largest absolute Gasteiger partial charge is 0.393 e. The van der Waals surface area contributed by atoms with E-state index in [1.807, 2.05) is 6.92 Å². The zero-order valence-electron chi connectivity index (χ0n) is 5.96. The second-order valence-electron chi connectivity index (χ2n) is 2.35. The van der Waals surface area contributed by atoms with Gasteiger partial charge in [0.25, 0.3) is 0 Å². The second kappa shape index (κ2) is 4.73. The van der Waals surface area contributed by atoms with Gasteiger partial charge in [-0.15, -0.1) is 0 Å². The molecule has 3 heteroatoms. The minimum atomic E-state index is -0.293. The van der Waals surface area contributed by atoms with Crippen LogP contribution in [0.1, 0.15) is 20.3 Å². The number of hydrogen-bond donors (Lipinski definition) is 3. The summed E-state index contributed by atoms with van der Waals surface area (Å²) in [5, 5.41) is 20.0. The molecule has 0 bridgehead atoms. The van der Waals surface area contributed by atoms with E-state index in [1.54, 1.807) is 6.92 Å². The van der Waals surface area contributed by atoms with Crippen molar-refractivity contribution >= 4 is 0 Å². The van der Waals surface area contributed by atoms with Gasteiger partial charge >= 0.3 is 0 Å². The van der Waals surface area contributed by atoms with Crippen molar-refractivity contribution in [2.75, 3.05) is 6.73 Å². The van der Waals surface area contributed by atoms with Crippen LogP contribution in [0.4, 0.5) is 0 Å². The van der Waals surface area contributed by atoms with Crippen molar-refractivity contribution in [2.24, 2.45) is 0 Å². The number of aliphatic hydroxyl groups excluding tert-OH is 2. The van der Waals surface area contributed by atoms with Gasteiger partial charge in [-0.1, -0.05) is 0 Å². The molecule has 0 radical (unpaired) electrons. The van der Waals surface area contributed by atoms with Gasteiger partial charge in [-0.25, -0.2) is 0 Å². The molecule has 0 fully saturated rings. The van der Waals surface area contributed by atoms with Crippen LogP contribution in [0.25, 0.3) is 0 Å². The van der Waals surface area contributed by atoms with Crippen LogP contribution in [0.15, 0.2) is 0 Å². The summed E-state index contributed by atoms with van der Waals surface area (Å²) in [6.45, 7) is 3.63. The summed E-state index contributed by atoms with van der Waals surface area (Å²) >= 11 is 0. The first kappa shape index (κ1) is 8.88. The van der Waals surface area contributed by atoms with Crippen LogP contribution >= 0.6 is 0 Å². The third-order valence-electron chi connectivity index (χ3n) is 1.13. The molecule has 0 rings (SSSR count). The molecule has 9 heavy (non-hydrogen) atoms. The molecule has 0 saturated heterocycles. The van der Waals surface area contributed by atoms with Crippen LogP contribution in [0.5, 0.6) is 0 Å². The van der Waals surface area contributed by atoms with Crippen LogP contribution in [0, 0.1) is 0 Å². The Hall–Kier alpha value is -0.120. The van der Waals surface area contributed by atoms with Gasteiger partial charge in [0.1, 0.15) is 0 Å². The molecule has 0 aliphatic heterocycles.